The molecule has 0 spiro atoms. The first-order valence-electron chi connectivity index (χ1n) is 9.91. The molecule has 0 radical (unpaired) electrons. The van der Waals surface area contributed by atoms with E-state index in [1.807, 2.05) is 61.5 Å². The van der Waals surface area contributed by atoms with Crippen molar-refractivity contribution in [3.05, 3.63) is 106 Å². The lowest BCUT2D eigenvalue weighted by atomic mass is 10.1. The van der Waals surface area contributed by atoms with Crippen molar-refractivity contribution in [3.8, 4) is 5.69 Å². The number of para-hydroxylation sites is 1. The maximum absolute atomic E-state index is 13.5. The zero-order valence-electron chi connectivity index (χ0n) is 17.0. The molecule has 146 valence electrons. The minimum Gasteiger partial charge on any atom is -0.303 e. The zero-order chi connectivity index (χ0) is 20.4. The van der Waals surface area contributed by atoms with Gasteiger partial charge in [-0.05, 0) is 50.1 Å². The van der Waals surface area contributed by atoms with Crippen LogP contribution in [0.2, 0.25) is 0 Å². The predicted molar refractivity (Wildman–Crippen MR) is 119 cm³/mol. The molecule has 0 bridgehead atoms. The maximum Gasteiger partial charge on any atom is 0.266 e. The summed E-state index contributed by atoms with van der Waals surface area (Å²) in [5.41, 5.74) is 4.99. The summed E-state index contributed by atoms with van der Waals surface area (Å²) >= 11 is 0. The highest BCUT2D eigenvalue weighted by atomic mass is 16.1. The van der Waals surface area contributed by atoms with Crippen LogP contribution in [0.4, 0.5) is 0 Å². The minimum atomic E-state index is -0.104. The predicted octanol–water partition coefficient (Wildman–Crippen LogP) is 4.85. The summed E-state index contributed by atoms with van der Waals surface area (Å²) in [5, 5.41) is 4.16. The van der Waals surface area contributed by atoms with Gasteiger partial charge in [-0.3, -0.25) is 9.36 Å². The highest BCUT2D eigenvalue weighted by molar-refractivity contribution is 5.78. The minimum absolute atomic E-state index is 0.0362. The molecule has 1 N–H and O–H groups in total. The molecule has 0 saturated heterocycles. The van der Waals surface area contributed by atoms with Gasteiger partial charge in [-0.1, -0.05) is 60.2 Å². The topological polar surface area (TPSA) is 46.9 Å². The summed E-state index contributed by atoms with van der Waals surface area (Å²) in [6.07, 6.45) is 0. The smallest absolute Gasteiger partial charge is 0.266 e. The monoisotopic (exact) mass is 383 g/mol. The number of benzene rings is 3. The largest absolute Gasteiger partial charge is 0.303 e. The first kappa shape index (κ1) is 19.1. The molecule has 0 aliphatic heterocycles. The van der Waals surface area contributed by atoms with Gasteiger partial charge in [-0.15, -0.1) is 0 Å². The van der Waals surface area contributed by atoms with E-state index in [9.17, 15) is 4.79 Å². The number of aryl methyl sites for hydroxylation is 2. The van der Waals surface area contributed by atoms with Crippen molar-refractivity contribution >= 4 is 10.9 Å². The fourth-order valence-corrected chi connectivity index (χ4v) is 3.69. The number of rotatable bonds is 5. The molecule has 0 saturated carbocycles. The van der Waals surface area contributed by atoms with Gasteiger partial charge in [-0.2, -0.15) is 0 Å². The van der Waals surface area contributed by atoms with E-state index in [0.29, 0.717) is 11.9 Å². The van der Waals surface area contributed by atoms with Crippen molar-refractivity contribution in [1.82, 2.24) is 14.9 Å². The molecular weight excluding hydrogens is 358 g/mol. The van der Waals surface area contributed by atoms with Crippen molar-refractivity contribution in [2.45, 2.75) is 33.4 Å². The van der Waals surface area contributed by atoms with E-state index in [1.54, 1.807) is 4.57 Å². The molecule has 3 aromatic carbocycles. The second-order valence-corrected chi connectivity index (χ2v) is 7.51. The van der Waals surface area contributed by atoms with Gasteiger partial charge in [0, 0.05) is 6.54 Å². The number of hydrogen-bond acceptors (Lipinski definition) is 3. The van der Waals surface area contributed by atoms with Crippen LogP contribution in [0.5, 0.6) is 0 Å². The molecular formula is C25H25N3O. The van der Waals surface area contributed by atoms with Crippen LogP contribution in [0.15, 0.2) is 77.6 Å². The quantitative estimate of drug-likeness (QED) is 0.536. The molecule has 0 aliphatic rings. The Balaban J connectivity index is 1.84. The van der Waals surface area contributed by atoms with E-state index in [4.69, 9.17) is 4.98 Å². The SMILES string of the molecule is Cc1ccc(-n2c(C(C)NCc3ccccc3)nc3ccccc3c2=O)c(C)c1. The molecule has 4 aromatic rings. The summed E-state index contributed by atoms with van der Waals surface area (Å²) in [6.45, 7) is 6.86. The lowest BCUT2D eigenvalue weighted by molar-refractivity contribution is 0.532. The Morgan fingerprint density at radius 2 is 1.69 bits per heavy atom. The molecule has 0 fully saturated rings. The molecule has 1 aromatic heterocycles. The molecule has 4 heteroatoms. The first-order chi connectivity index (χ1) is 14.0. The van der Waals surface area contributed by atoms with Crippen LogP contribution in [-0.4, -0.2) is 9.55 Å². The van der Waals surface area contributed by atoms with Crippen molar-refractivity contribution < 1.29 is 0 Å². The Kier molecular flexibility index (Phi) is 5.28. The molecule has 1 unspecified atom stereocenters. The van der Waals surface area contributed by atoms with Crippen molar-refractivity contribution in [3.63, 3.8) is 0 Å². The summed E-state index contributed by atoms with van der Waals surface area (Å²) in [6, 6.07) is 23.8. The second-order valence-electron chi connectivity index (χ2n) is 7.51. The number of aromatic nitrogens is 2. The van der Waals surface area contributed by atoms with Gasteiger partial charge in [0.25, 0.3) is 5.56 Å². The van der Waals surface area contributed by atoms with Crippen LogP contribution in [-0.2, 0) is 6.54 Å². The number of nitrogens with one attached hydrogen (secondary N) is 1. The van der Waals surface area contributed by atoms with Gasteiger partial charge in [-0.25, -0.2) is 4.98 Å². The van der Waals surface area contributed by atoms with Crippen LogP contribution < -0.4 is 10.9 Å². The summed E-state index contributed by atoms with van der Waals surface area (Å²) < 4.78 is 1.76. The van der Waals surface area contributed by atoms with Crippen LogP contribution in [0, 0.1) is 13.8 Å². The van der Waals surface area contributed by atoms with E-state index in [1.165, 1.54) is 11.1 Å². The van der Waals surface area contributed by atoms with Gasteiger partial charge < -0.3 is 5.32 Å². The fraction of sp³-hybridized carbons (Fsp3) is 0.200. The van der Waals surface area contributed by atoms with Crippen LogP contribution in [0.25, 0.3) is 16.6 Å². The first-order valence-corrected chi connectivity index (χ1v) is 9.91. The van der Waals surface area contributed by atoms with Crippen molar-refractivity contribution in [1.29, 1.82) is 0 Å². The lowest BCUT2D eigenvalue weighted by Crippen LogP contribution is -2.30. The van der Waals surface area contributed by atoms with Gasteiger partial charge in [0.2, 0.25) is 0 Å². The third-order valence-electron chi connectivity index (χ3n) is 5.24. The molecule has 29 heavy (non-hydrogen) atoms. The Bertz CT molecular complexity index is 1210. The van der Waals surface area contributed by atoms with Gasteiger partial charge in [0.05, 0.1) is 22.6 Å². The van der Waals surface area contributed by atoms with Crippen LogP contribution in [0.3, 0.4) is 0 Å². The fourth-order valence-electron chi connectivity index (χ4n) is 3.69. The second kappa shape index (κ2) is 8.02. The lowest BCUT2D eigenvalue weighted by Gasteiger charge is -2.21. The molecule has 1 atom stereocenters. The highest BCUT2D eigenvalue weighted by Gasteiger charge is 2.18. The Morgan fingerprint density at radius 1 is 0.966 bits per heavy atom. The standard InChI is InChI=1S/C25H25N3O/c1-17-13-14-23(18(2)15-17)28-24(19(3)26-16-20-9-5-4-6-10-20)27-22-12-8-7-11-21(22)25(28)29/h4-15,19,26H,16H2,1-3H3. The molecule has 1 heterocycles. The third-order valence-corrected chi connectivity index (χ3v) is 5.24. The third kappa shape index (κ3) is 3.84. The average Bonchev–Trinajstić information content (AvgIpc) is 2.73. The molecule has 0 amide bonds. The summed E-state index contributed by atoms with van der Waals surface area (Å²) in [4.78, 5) is 18.3. The summed E-state index contributed by atoms with van der Waals surface area (Å²) in [7, 11) is 0. The van der Waals surface area contributed by atoms with Crippen LogP contribution >= 0.6 is 0 Å². The van der Waals surface area contributed by atoms with E-state index in [0.717, 1.165) is 22.6 Å². The average molecular weight is 383 g/mol. The molecule has 4 nitrogen and oxygen atoms in total. The normalized spacial score (nSPS) is 12.2. The van der Waals surface area contributed by atoms with Gasteiger partial charge in [0.1, 0.15) is 5.82 Å². The summed E-state index contributed by atoms with van der Waals surface area (Å²) in [5.74, 6) is 0.719. The maximum atomic E-state index is 13.5. The number of fused-ring (bicyclic) bond motifs is 1. The zero-order valence-corrected chi connectivity index (χ0v) is 17.0. The Hall–Kier alpha value is -3.24. The highest BCUT2D eigenvalue weighted by Crippen LogP contribution is 2.21. The molecule has 0 aliphatic carbocycles. The van der Waals surface area contributed by atoms with E-state index in [2.05, 4.69) is 37.4 Å². The van der Waals surface area contributed by atoms with Crippen molar-refractivity contribution in [2.75, 3.05) is 0 Å². The van der Waals surface area contributed by atoms with Crippen molar-refractivity contribution in [2.24, 2.45) is 0 Å². The van der Waals surface area contributed by atoms with E-state index in [-0.39, 0.29) is 11.6 Å². The number of hydrogen-bond donors (Lipinski definition) is 1. The van der Waals surface area contributed by atoms with Gasteiger partial charge >= 0.3 is 0 Å². The van der Waals surface area contributed by atoms with E-state index >= 15 is 0 Å². The van der Waals surface area contributed by atoms with Gasteiger partial charge in [0.15, 0.2) is 0 Å². The molecule has 4 rings (SSSR count). The van der Waals surface area contributed by atoms with Crippen LogP contribution in [0.1, 0.15) is 35.5 Å². The Morgan fingerprint density at radius 3 is 2.45 bits per heavy atom. The van der Waals surface area contributed by atoms with E-state index < -0.39 is 0 Å². The Labute approximate surface area is 170 Å². The number of nitrogens with zero attached hydrogens (tertiary/aromatic N) is 2.